The molecule has 0 amide bonds. The SMILES string of the molecule is CC(Nc1c(Cl)cc(Br)cc1Cl)c1ccc(Cl)c(Cl)c1. The van der Waals surface area contributed by atoms with Crippen molar-refractivity contribution in [1.82, 2.24) is 0 Å². The van der Waals surface area contributed by atoms with Crippen LogP contribution in [0.15, 0.2) is 34.8 Å². The van der Waals surface area contributed by atoms with Crippen molar-refractivity contribution >= 4 is 68.0 Å². The lowest BCUT2D eigenvalue weighted by Gasteiger charge is -2.18. The molecule has 2 rings (SSSR count). The summed E-state index contributed by atoms with van der Waals surface area (Å²) in [6, 6.07) is 9.06. The zero-order chi connectivity index (χ0) is 14.9. The second-order valence-electron chi connectivity index (χ2n) is 4.28. The fourth-order valence-electron chi connectivity index (χ4n) is 1.76. The van der Waals surface area contributed by atoms with Crippen molar-refractivity contribution in [2.75, 3.05) is 5.32 Å². The van der Waals surface area contributed by atoms with Crippen LogP contribution in [-0.2, 0) is 0 Å². The molecule has 2 aromatic carbocycles. The van der Waals surface area contributed by atoms with Crippen LogP contribution in [0.25, 0.3) is 0 Å². The molecular weight excluding hydrogens is 404 g/mol. The van der Waals surface area contributed by atoms with Crippen LogP contribution in [0.2, 0.25) is 20.1 Å². The van der Waals surface area contributed by atoms with Crippen LogP contribution in [-0.4, -0.2) is 0 Å². The maximum Gasteiger partial charge on any atom is 0.0724 e. The zero-order valence-corrected chi connectivity index (χ0v) is 15.0. The van der Waals surface area contributed by atoms with E-state index in [1.165, 1.54) is 0 Å². The molecule has 0 saturated heterocycles. The summed E-state index contributed by atoms with van der Waals surface area (Å²) in [4.78, 5) is 0. The van der Waals surface area contributed by atoms with E-state index in [0.29, 0.717) is 25.8 Å². The van der Waals surface area contributed by atoms with Crippen molar-refractivity contribution < 1.29 is 0 Å². The van der Waals surface area contributed by atoms with Crippen molar-refractivity contribution in [3.05, 3.63) is 60.5 Å². The maximum absolute atomic E-state index is 6.20. The van der Waals surface area contributed by atoms with Gasteiger partial charge in [0.15, 0.2) is 0 Å². The van der Waals surface area contributed by atoms with Crippen LogP contribution < -0.4 is 5.32 Å². The maximum atomic E-state index is 6.20. The Labute approximate surface area is 146 Å². The Morgan fingerprint density at radius 3 is 2.05 bits per heavy atom. The summed E-state index contributed by atoms with van der Waals surface area (Å²) < 4.78 is 0.834. The van der Waals surface area contributed by atoms with Crippen LogP contribution in [0.4, 0.5) is 5.69 Å². The molecule has 2 aromatic rings. The first-order chi connectivity index (χ1) is 9.38. The second kappa shape index (κ2) is 6.76. The van der Waals surface area contributed by atoms with E-state index in [1.54, 1.807) is 18.2 Å². The van der Waals surface area contributed by atoms with E-state index >= 15 is 0 Å². The van der Waals surface area contributed by atoms with Gasteiger partial charge < -0.3 is 5.32 Å². The highest BCUT2D eigenvalue weighted by Crippen LogP contribution is 2.36. The summed E-state index contributed by atoms with van der Waals surface area (Å²) in [5, 5.41) is 5.44. The average Bonchev–Trinajstić information content (AvgIpc) is 2.36. The van der Waals surface area contributed by atoms with Crippen molar-refractivity contribution in [2.45, 2.75) is 13.0 Å². The third-order valence-corrected chi connectivity index (χ3v) is 4.60. The Bertz CT molecular complexity index is 622. The Balaban J connectivity index is 2.27. The van der Waals surface area contributed by atoms with E-state index in [9.17, 15) is 0 Å². The molecular formula is C14H10BrCl4N. The standard InChI is InChI=1S/C14H10BrCl4N/c1-7(8-2-3-10(16)11(17)4-8)20-14-12(18)5-9(15)6-13(14)19/h2-7,20H,1H3. The van der Waals surface area contributed by atoms with Gasteiger partial charge >= 0.3 is 0 Å². The van der Waals surface area contributed by atoms with E-state index in [-0.39, 0.29) is 6.04 Å². The molecule has 0 heterocycles. The molecule has 1 N–H and O–H groups in total. The van der Waals surface area contributed by atoms with Gasteiger partial charge in [0.1, 0.15) is 0 Å². The van der Waals surface area contributed by atoms with Gasteiger partial charge in [-0.25, -0.2) is 0 Å². The van der Waals surface area contributed by atoms with Gasteiger partial charge in [0, 0.05) is 10.5 Å². The smallest absolute Gasteiger partial charge is 0.0724 e. The number of hydrogen-bond donors (Lipinski definition) is 1. The van der Waals surface area contributed by atoms with E-state index in [1.807, 2.05) is 19.1 Å². The largest absolute Gasteiger partial charge is 0.376 e. The second-order valence-corrected chi connectivity index (χ2v) is 6.83. The molecule has 1 atom stereocenters. The van der Waals surface area contributed by atoms with Gasteiger partial charge in [0.25, 0.3) is 0 Å². The van der Waals surface area contributed by atoms with Gasteiger partial charge in [-0.3, -0.25) is 0 Å². The Morgan fingerprint density at radius 2 is 1.50 bits per heavy atom. The molecule has 0 aliphatic carbocycles. The fourth-order valence-corrected chi connectivity index (χ4v) is 3.39. The quantitative estimate of drug-likeness (QED) is 0.559. The number of rotatable bonds is 3. The molecule has 106 valence electrons. The lowest BCUT2D eigenvalue weighted by molar-refractivity contribution is 0.885. The van der Waals surface area contributed by atoms with Crippen molar-refractivity contribution in [3.8, 4) is 0 Å². The monoisotopic (exact) mass is 411 g/mol. The molecule has 0 bridgehead atoms. The minimum atomic E-state index is -0.0130. The number of benzene rings is 2. The van der Waals surface area contributed by atoms with Crippen LogP contribution >= 0.6 is 62.3 Å². The van der Waals surface area contributed by atoms with E-state index in [2.05, 4.69) is 21.2 Å². The number of hydrogen-bond acceptors (Lipinski definition) is 1. The first-order valence-electron chi connectivity index (χ1n) is 5.74. The Morgan fingerprint density at radius 1 is 0.900 bits per heavy atom. The van der Waals surface area contributed by atoms with Crippen LogP contribution in [0, 0.1) is 0 Å². The van der Waals surface area contributed by atoms with E-state index in [4.69, 9.17) is 46.4 Å². The fraction of sp³-hybridized carbons (Fsp3) is 0.143. The van der Waals surface area contributed by atoms with Gasteiger partial charge in [0.2, 0.25) is 0 Å². The third-order valence-electron chi connectivity index (χ3n) is 2.81. The molecule has 1 nitrogen and oxygen atoms in total. The first-order valence-corrected chi connectivity index (χ1v) is 8.05. The minimum Gasteiger partial charge on any atom is -0.376 e. The Kier molecular flexibility index (Phi) is 5.49. The first kappa shape index (κ1) is 16.3. The summed E-state index contributed by atoms with van der Waals surface area (Å²) in [6.07, 6.45) is 0. The molecule has 0 saturated carbocycles. The predicted molar refractivity (Wildman–Crippen MR) is 92.7 cm³/mol. The van der Waals surface area contributed by atoms with Crippen molar-refractivity contribution in [3.63, 3.8) is 0 Å². The topological polar surface area (TPSA) is 12.0 Å². The highest BCUT2D eigenvalue weighted by Gasteiger charge is 2.13. The van der Waals surface area contributed by atoms with Crippen molar-refractivity contribution in [1.29, 1.82) is 0 Å². The number of halogens is 5. The number of anilines is 1. The molecule has 0 spiro atoms. The lowest BCUT2D eigenvalue weighted by atomic mass is 10.1. The summed E-state index contributed by atoms with van der Waals surface area (Å²) in [5.74, 6) is 0. The molecule has 1 unspecified atom stereocenters. The van der Waals surface area contributed by atoms with Gasteiger partial charge in [-0.05, 0) is 36.8 Å². The third kappa shape index (κ3) is 3.75. The van der Waals surface area contributed by atoms with Crippen LogP contribution in [0.5, 0.6) is 0 Å². The van der Waals surface area contributed by atoms with Crippen molar-refractivity contribution in [2.24, 2.45) is 0 Å². The molecule has 0 aliphatic rings. The van der Waals surface area contributed by atoms with Crippen LogP contribution in [0.1, 0.15) is 18.5 Å². The zero-order valence-electron chi connectivity index (χ0n) is 10.4. The van der Waals surface area contributed by atoms with E-state index in [0.717, 1.165) is 10.0 Å². The molecule has 0 aliphatic heterocycles. The Hall–Kier alpha value is -0.120. The molecule has 20 heavy (non-hydrogen) atoms. The highest BCUT2D eigenvalue weighted by molar-refractivity contribution is 9.10. The summed E-state index contributed by atoms with van der Waals surface area (Å²) in [5.41, 5.74) is 1.68. The predicted octanol–water partition coefficient (Wildman–Crippen LogP) is 7.24. The summed E-state index contributed by atoms with van der Waals surface area (Å²) in [7, 11) is 0. The summed E-state index contributed by atoms with van der Waals surface area (Å²) >= 11 is 27.7. The minimum absolute atomic E-state index is 0.0130. The van der Waals surface area contributed by atoms with Gasteiger partial charge in [-0.2, -0.15) is 0 Å². The van der Waals surface area contributed by atoms with Crippen LogP contribution in [0.3, 0.4) is 0 Å². The normalized spacial score (nSPS) is 12.3. The lowest BCUT2D eigenvalue weighted by Crippen LogP contribution is -2.07. The van der Waals surface area contributed by atoms with E-state index < -0.39 is 0 Å². The van der Waals surface area contributed by atoms with Gasteiger partial charge in [-0.15, -0.1) is 0 Å². The van der Waals surface area contributed by atoms with Gasteiger partial charge in [-0.1, -0.05) is 68.4 Å². The molecule has 6 heteroatoms. The summed E-state index contributed by atoms with van der Waals surface area (Å²) in [6.45, 7) is 1.99. The highest BCUT2D eigenvalue weighted by atomic mass is 79.9. The van der Waals surface area contributed by atoms with Gasteiger partial charge in [0.05, 0.1) is 25.8 Å². The average molecular weight is 414 g/mol. The molecule has 0 aromatic heterocycles. The number of nitrogens with one attached hydrogen (secondary N) is 1. The molecule has 0 radical (unpaired) electrons. The molecule has 0 fully saturated rings.